The number of benzene rings is 1. The van der Waals surface area contributed by atoms with Crippen LogP contribution in [0, 0.1) is 39.0 Å². The minimum atomic E-state index is -3.70. The molecule has 2 rings (SSSR count). The van der Waals surface area contributed by atoms with Crippen LogP contribution < -0.4 is 0 Å². The van der Waals surface area contributed by atoms with E-state index in [0.717, 1.165) is 22.3 Å². The molecule has 0 spiro atoms. The molecule has 1 fully saturated rings. The highest BCUT2D eigenvalue weighted by atomic mass is 32.2. The summed E-state index contributed by atoms with van der Waals surface area (Å²) in [5, 5.41) is 17.6. The Morgan fingerprint density at radius 1 is 1.09 bits per heavy atom. The minimum absolute atomic E-state index is 0.110. The molecule has 1 aliphatic rings. The molecule has 176 valence electrons. The number of nitrogens with zero attached hydrogens (tertiary/aromatic N) is 1. The van der Waals surface area contributed by atoms with Gasteiger partial charge in [0.05, 0.1) is 16.4 Å². The second kappa shape index (κ2) is 9.95. The van der Waals surface area contributed by atoms with E-state index in [1.54, 1.807) is 0 Å². The molecule has 9 heteroatoms. The molecule has 1 aliphatic heterocycles. The lowest BCUT2D eigenvalue weighted by Gasteiger charge is -2.31. The molecule has 1 aromatic rings. The van der Waals surface area contributed by atoms with Crippen molar-refractivity contribution in [2.75, 3.05) is 19.7 Å². The first-order valence-corrected chi connectivity index (χ1v) is 12.0. The van der Waals surface area contributed by atoms with Gasteiger partial charge in [-0.1, -0.05) is 6.07 Å². The zero-order valence-electron chi connectivity index (χ0n) is 19.5. The summed E-state index contributed by atoms with van der Waals surface area (Å²) < 4.78 is 33.2. The van der Waals surface area contributed by atoms with E-state index in [4.69, 9.17) is 10.1 Å². The Morgan fingerprint density at radius 3 is 2.03 bits per heavy atom. The third kappa shape index (κ3) is 5.27. The summed E-state index contributed by atoms with van der Waals surface area (Å²) in [6.07, 6.45) is 0.600. The summed E-state index contributed by atoms with van der Waals surface area (Å²) in [6.45, 7) is 9.87. The van der Waals surface area contributed by atoms with Gasteiger partial charge in [0.1, 0.15) is 12.4 Å². The van der Waals surface area contributed by atoms with Crippen LogP contribution in [0.5, 0.6) is 0 Å². The lowest BCUT2D eigenvalue weighted by molar-refractivity contribution is -0.149. The summed E-state index contributed by atoms with van der Waals surface area (Å²) in [5.74, 6) is -2.00. The van der Waals surface area contributed by atoms with E-state index in [1.807, 2.05) is 33.8 Å². The van der Waals surface area contributed by atoms with Crippen molar-refractivity contribution >= 4 is 27.5 Å². The summed E-state index contributed by atoms with van der Waals surface area (Å²) >= 11 is 0. The minimum Gasteiger partial charge on any atom is -0.508 e. The third-order valence-corrected chi connectivity index (χ3v) is 8.22. The number of carbonyl (C=O) groups excluding carboxylic acids is 2. The second-order valence-electron chi connectivity index (χ2n) is 8.38. The Labute approximate surface area is 189 Å². The van der Waals surface area contributed by atoms with Gasteiger partial charge in [0.2, 0.25) is 10.0 Å². The molecule has 0 saturated carbocycles. The molecule has 1 saturated heterocycles. The number of aliphatic hydroxyl groups excluding tert-OH is 1. The van der Waals surface area contributed by atoms with E-state index >= 15 is 0 Å². The van der Waals surface area contributed by atoms with Crippen LogP contribution in [0.25, 0.3) is 0 Å². The van der Waals surface area contributed by atoms with E-state index in [0.29, 0.717) is 17.7 Å². The Balaban J connectivity index is 2.09. The van der Waals surface area contributed by atoms with Crippen molar-refractivity contribution in [1.82, 2.24) is 4.31 Å². The fourth-order valence-corrected chi connectivity index (χ4v) is 6.09. The normalized spacial score (nSPS) is 16.4. The number of Topliss-reactive ketones (excluding diaryl/α,β-unsaturated/α-hetero) is 1. The molecular weight excluding hydrogens is 432 g/mol. The number of allylic oxidation sites excluding steroid dienone is 1. The molecule has 8 nitrogen and oxygen atoms in total. The maximum absolute atomic E-state index is 13.3. The predicted molar refractivity (Wildman–Crippen MR) is 122 cm³/mol. The quantitative estimate of drug-likeness (QED) is 0.276. The van der Waals surface area contributed by atoms with Gasteiger partial charge in [0, 0.05) is 18.8 Å². The Bertz CT molecular complexity index is 1040. The zero-order valence-corrected chi connectivity index (χ0v) is 20.4. The number of ketones is 1. The van der Waals surface area contributed by atoms with E-state index in [-0.39, 0.29) is 24.4 Å². The van der Waals surface area contributed by atoms with Gasteiger partial charge >= 0.3 is 5.97 Å². The van der Waals surface area contributed by atoms with Gasteiger partial charge < -0.3 is 15.3 Å². The monoisotopic (exact) mass is 464 g/mol. The van der Waals surface area contributed by atoms with E-state index in [9.17, 15) is 23.1 Å². The Morgan fingerprint density at radius 2 is 1.59 bits per heavy atom. The van der Waals surface area contributed by atoms with Crippen molar-refractivity contribution in [2.45, 2.75) is 59.3 Å². The van der Waals surface area contributed by atoms with Crippen molar-refractivity contribution in [3.05, 3.63) is 39.7 Å². The largest absolute Gasteiger partial charge is 0.508 e. The van der Waals surface area contributed by atoms with E-state index in [1.165, 1.54) is 18.2 Å². The van der Waals surface area contributed by atoms with Gasteiger partial charge in [-0.05, 0) is 76.6 Å². The van der Waals surface area contributed by atoms with Crippen LogP contribution >= 0.6 is 0 Å². The molecule has 0 aliphatic carbocycles. The molecule has 1 heterocycles. The number of aryl methyl sites for hydroxylation is 2. The first-order valence-electron chi connectivity index (χ1n) is 10.5. The number of nitrogens with one attached hydrogen (secondary N) is 1. The van der Waals surface area contributed by atoms with Gasteiger partial charge in [-0.3, -0.25) is 9.59 Å². The van der Waals surface area contributed by atoms with Gasteiger partial charge in [-0.15, -0.1) is 0 Å². The highest BCUT2D eigenvalue weighted by Crippen LogP contribution is 2.31. The SMILES string of the molecule is CC(=N)/C(C(C)=O)=C(/O)COC(=O)C1CCN(S(=O)(=O)c2c(C)c(C)cc(C)c2C)CC1. The molecule has 32 heavy (non-hydrogen) atoms. The summed E-state index contributed by atoms with van der Waals surface area (Å²) in [5.41, 5.74) is 3.03. The van der Waals surface area contributed by atoms with Crippen molar-refractivity contribution in [2.24, 2.45) is 5.92 Å². The number of aliphatic hydroxyl groups is 1. The zero-order chi connectivity index (χ0) is 24.4. The van der Waals surface area contributed by atoms with Crippen molar-refractivity contribution < 1.29 is 27.9 Å². The van der Waals surface area contributed by atoms with Gasteiger partial charge in [0.15, 0.2) is 5.78 Å². The number of hydrogen-bond donors (Lipinski definition) is 2. The smallest absolute Gasteiger partial charge is 0.309 e. The van der Waals surface area contributed by atoms with Crippen LogP contribution in [0.15, 0.2) is 22.3 Å². The van der Waals surface area contributed by atoms with E-state index in [2.05, 4.69) is 0 Å². The molecule has 0 bridgehead atoms. The molecule has 0 amide bonds. The molecule has 0 aromatic heterocycles. The third-order valence-electron chi connectivity index (χ3n) is 6.05. The lowest BCUT2D eigenvalue weighted by Crippen LogP contribution is -2.41. The summed E-state index contributed by atoms with van der Waals surface area (Å²) in [6, 6.07) is 1.98. The first kappa shape index (κ1) is 25.7. The van der Waals surface area contributed by atoms with Crippen LogP contribution in [0.4, 0.5) is 0 Å². The number of sulfonamides is 1. The Kier molecular flexibility index (Phi) is 8.01. The van der Waals surface area contributed by atoms with Gasteiger partial charge in [-0.25, -0.2) is 8.42 Å². The molecular formula is C23H32N2O6S. The number of ether oxygens (including phenoxy) is 1. The standard InChI is InChI=1S/C23H32N2O6S/c1-13-11-14(2)16(4)22(15(13)3)32(29,30)25-9-7-19(8-10-25)23(28)31-12-20(27)21(17(5)24)18(6)26/h11,19,24,27H,7-10,12H2,1-6H3/b21-20-,24-17?. The maximum Gasteiger partial charge on any atom is 0.309 e. The van der Waals surface area contributed by atoms with Crippen molar-refractivity contribution in [3.8, 4) is 0 Å². The predicted octanol–water partition coefficient (Wildman–Crippen LogP) is 3.30. The average Bonchev–Trinajstić information content (AvgIpc) is 2.70. The van der Waals surface area contributed by atoms with Crippen LogP contribution in [-0.4, -0.2) is 55.0 Å². The van der Waals surface area contributed by atoms with Crippen LogP contribution in [-0.2, 0) is 24.3 Å². The van der Waals surface area contributed by atoms with Crippen LogP contribution in [0.2, 0.25) is 0 Å². The van der Waals surface area contributed by atoms with E-state index < -0.39 is 40.1 Å². The van der Waals surface area contributed by atoms with Crippen LogP contribution in [0.1, 0.15) is 48.9 Å². The van der Waals surface area contributed by atoms with Crippen LogP contribution in [0.3, 0.4) is 0 Å². The fraction of sp³-hybridized carbons (Fsp3) is 0.522. The molecule has 0 radical (unpaired) electrons. The maximum atomic E-state index is 13.3. The molecule has 0 unspecified atom stereocenters. The lowest BCUT2D eigenvalue weighted by atomic mass is 9.98. The fourth-order valence-electron chi connectivity index (χ4n) is 4.04. The number of rotatable bonds is 7. The summed E-state index contributed by atoms with van der Waals surface area (Å²) in [7, 11) is -3.70. The molecule has 1 aromatic carbocycles. The molecule has 0 atom stereocenters. The average molecular weight is 465 g/mol. The molecule has 2 N–H and O–H groups in total. The number of piperidine rings is 1. The topological polar surface area (TPSA) is 125 Å². The van der Waals surface area contributed by atoms with Crippen molar-refractivity contribution in [3.63, 3.8) is 0 Å². The summed E-state index contributed by atoms with van der Waals surface area (Å²) in [4.78, 5) is 24.3. The van der Waals surface area contributed by atoms with Gasteiger partial charge in [-0.2, -0.15) is 4.31 Å². The highest BCUT2D eigenvalue weighted by Gasteiger charge is 2.35. The number of hydrogen-bond acceptors (Lipinski definition) is 7. The number of esters is 1. The Hall–Kier alpha value is -2.52. The van der Waals surface area contributed by atoms with Gasteiger partial charge in [0.25, 0.3) is 0 Å². The van der Waals surface area contributed by atoms with Crippen molar-refractivity contribution in [1.29, 1.82) is 5.41 Å². The number of carbonyl (C=O) groups is 2. The highest BCUT2D eigenvalue weighted by molar-refractivity contribution is 7.89. The second-order valence-corrected chi connectivity index (χ2v) is 10.3. The first-order chi connectivity index (χ1) is 14.8.